The summed E-state index contributed by atoms with van der Waals surface area (Å²) in [4.78, 5) is 0. The van der Waals surface area contributed by atoms with Crippen LogP contribution in [0.15, 0.2) is 24.3 Å². The maximum atomic E-state index is 5.69. The lowest BCUT2D eigenvalue weighted by Crippen LogP contribution is -2.07. The molecule has 0 aliphatic heterocycles. The van der Waals surface area contributed by atoms with Crippen LogP contribution in [-0.2, 0) is 13.6 Å². The third-order valence-electron chi connectivity index (χ3n) is 2.49. The second-order valence-corrected chi connectivity index (χ2v) is 3.94. The van der Waals surface area contributed by atoms with Gasteiger partial charge in [-0.2, -0.15) is 0 Å². The second kappa shape index (κ2) is 6.00. The number of aryl methyl sites for hydroxylation is 1. The molecule has 0 spiro atoms. The Hall–Kier alpha value is -2.11. The van der Waals surface area contributed by atoms with Gasteiger partial charge in [0.05, 0.1) is 6.61 Å². The smallest absolute Gasteiger partial charge is 0.242 e. The number of nitrogens with zero attached hydrogens (tertiary/aromatic N) is 4. The fourth-order valence-corrected chi connectivity index (χ4v) is 1.56. The number of hydrogen-bond donors (Lipinski definition) is 1. The fraction of sp³-hybridized carbons (Fsp3) is 0.417. The number of anilines is 1. The molecule has 96 valence electrons. The summed E-state index contributed by atoms with van der Waals surface area (Å²) in [6.45, 7) is 3.45. The molecule has 6 heteroatoms. The summed E-state index contributed by atoms with van der Waals surface area (Å²) in [5.41, 5.74) is 1.09. The van der Waals surface area contributed by atoms with E-state index in [1.807, 2.05) is 24.3 Å². The molecule has 6 nitrogen and oxygen atoms in total. The van der Waals surface area contributed by atoms with Crippen molar-refractivity contribution in [2.75, 3.05) is 11.9 Å². The highest BCUT2D eigenvalue weighted by Gasteiger charge is 2.05. The van der Waals surface area contributed by atoms with Gasteiger partial charge in [0.25, 0.3) is 0 Å². The van der Waals surface area contributed by atoms with Crippen LogP contribution in [0, 0.1) is 0 Å². The van der Waals surface area contributed by atoms with Crippen molar-refractivity contribution in [1.29, 1.82) is 0 Å². The molecule has 18 heavy (non-hydrogen) atoms. The molecule has 0 amide bonds. The van der Waals surface area contributed by atoms with Gasteiger partial charge in [-0.1, -0.05) is 30.2 Å². The van der Waals surface area contributed by atoms with Gasteiger partial charge >= 0.3 is 0 Å². The zero-order valence-electron chi connectivity index (χ0n) is 10.6. The summed E-state index contributed by atoms with van der Waals surface area (Å²) in [6.07, 6.45) is 0.995. The molecular weight excluding hydrogens is 230 g/mol. The van der Waals surface area contributed by atoms with Crippen LogP contribution in [-0.4, -0.2) is 26.8 Å². The van der Waals surface area contributed by atoms with Crippen molar-refractivity contribution in [3.63, 3.8) is 0 Å². The van der Waals surface area contributed by atoms with Crippen LogP contribution in [0.1, 0.15) is 18.9 Å². The van der Waals surface area contributed by atoms with Crippen molar-refractivity contribution in [3.05, 3.63) is 29.8 Å². The normalized spacial score (nSPS) is 10.3. The summed E-state index contributed by atoms with van der Waals surface area (Å²) >= 11 is 0. The molecule has 0 aliphatic rings. The maximum absolute atomic E-state index is 5.69. The molecule has 0 saturated carbocycles. The molecule has 1 N–H and O–H groups in total. The molecule has 1 aromatic carbocycles. The molecule has 2 aromatic rings. The summed E-state index contributed by atoms with van der Waals surface area (Å²) in [7, 11) is 1.79. The van der Waals surface area contributed by atoms with E-state index in [9.17, 15) is 0 Å². The van der Waals surface area contributed by atoms with Crippen molar-refractivity contribution in [2.45, 2.75) is 19.9 Å². The van der Waals surface area contributed by atoms with E-state index in [1.165, 1.54) is 0 Å². The Bertz CT molecular complexity index is 497. The van der Waals surface area contributed by atoms with Gasteiger partial charge in [0.15, 0.2) is 0 Å². The maximum Gasteiger partial charge on any atom is 0.242 e. The van der Waals surface area contributed by atoms with Gasteiger partial charge in [0.1, 0.15) is 5.75 Å². The number of nitrogens with one attached hydrogen (secondary N) is 1. The van der Waals surface area contributed by atoms with E-state index in [1.54, 1.807) is 11.7 Å². The number of para-hydroxylation sites is 1. The lowest BCUT2D eigenvalue weighted by atomic mass is 10.2. The zero-order chi connectivity index (χ0) is 12.8. The molecule has 0 radical (unpaired) electrons. The molecule has 1 aromatic heterocycles. The largest absolute Gasteiger partial charge is 0.493 e. The Morgan fingerprint density at radius 2 is 2.17 bits per heavy atom. The van der Waals surface area contributed by atoms with Crippen molar-refractivity contribution >= 4 is 5.95 Å². The van der Waals surface area contributed by atoms with E-state index in [-0.39, 0.29) is 0 Å². The lowest BCUT2D eigenvalue weighted by molar-refractivity contribution is 0.314. The number of benzene rings is 1. The van der Waals surface area contributed by atoms with Gasteiger partial charge in [-0.3, -0.25) is 0 Å². The van der Waals surface area contributed by atoms with E-state index in [0.717, 1.165) is 24.3 Å². The number of hydrogen-bond acceptors (Lipinski definition) is 5. The molecule has 2 rings (SSSR count). The molecule has 0 bridgehead atoms. The Labute approximate surface area is 106 Å². The van der Waals surface area contributed by atoms with Gasteiger partial charge in [-0.25, -0.2) is 4.68 Å². The molecule has 1 heterocycles. The highest BCUT2D eigenvalue weighted by Crippen LogP contribution is 2.19. The van der Waals surface area contributed by atoms with Crippen LogP contribution < -0.4 is 10.1 Å². The minimum atomic E-state index is 0.633. The number of aromatic nitrogens is 4. The minimum absolute atomic E-state index is 0.633. The highest BCUT2D eigenvalue weighted by molar-refractivity contribution is 5.36. The average molecular weight is 247 g/mol. The zero-order valence-corrected chi connectivity index (χ0v) is 10.6. The quantitative estimate of drug-likeness (QED) is 0.840. The standard InChI is InChI=1S/C12H17N5O/c1-3-8-18-11-7-5-4-6-10(11)9-13-12-14-15-16-17(12)2/h4-7H,3,8-9H2,1-2H3,(H,13,14,16). The topological polar surface area (TPSA) is 64.9 Å². The van der Waals surface area contributed by atoms with E-state index in [4.69, 9.17) is 4.74 Å². The molecule has 0 atom stereocenters. The molecule has 0 fully saturated rings. The van der Waals surface area contributed by atoms with Gasteiger partial charge in [-0.05, 0) is 22.9 Å². The summed E-state index contributed by atoms with van der Waals surface area (Å²) in [5.74, 6) is 1.54. The highest BCUT2D eigenvalue weighted by atomic mass is 16.5. The van der Waals surface area contributed by atoms with Gasteiger partial charge < -0.3 is 10.1 Å². The fourth-order valence-electron chi connectivity index (χ4n) is 1.56. The van der Waals surface area contributed by atoms with Crippen molar-refractivity contribution < 1.29 is 4.74 Å². The monoisotopic (exact) mass is 247 g/mol. The van der Waals surface area contributed by atoms with Crippen LogP contribution in [0.2, 0.25) is 0 Å². The Morgan fingerprint density at radius 3 is 2.89 bits per heavy atom. The minimum Gasteiger partial charge on any atom is -0.493 e. The van der Waals surface area contributed by atoms with Crippen molar-refractivity contribution in [2.24, 2.45) is 7.05 Å². The van der Waals surface area contributed by atoms with Gasteiger partial charge in [0, 0.05) is 19.2 Å². The van der Waals surface area contributed by atoms with Crippen LogP contribution >= 0.6 is 0 Å². The van der Waals surface area contributed by atoms with Gasteiger partial charge in [0.2, 0.25) is 5.95 Å². The molecule has 0 unspecified atom stereocenters. The van der Waals surface area contributed by atoms with E-state index < -0.39 is 0 Å². The molecule has 0 saturated heterocycles. The Balaban J connectivity index is 2.02. The first-order valence-corrected chi connectivity index (χ1v) is 5.98. The predicted octanol–water partition coefficient (Wildman–Crippen LogP) is 1.61. The van der Waals surface area contributed by atoms with Crippen molar-refractivity contribution in [3.8, 4) is 5.75 Å². The van der Waals surface area contributed by atoms with Crippen LogP contribution in [0.5, 0.6) is 5.75 Å². The second-order valence-electron chi connectivity index (χ2n) is 3.94. The first-order chi connectivity index (χ1) is 8.81. The van der Waals surface area contributed by atoms with Crippen LogP contribution in [0.4, 0.5) is 5.95 Å². The van der Waals surface area contributed by atoms with Crippen LogP contribution in [0.3, 0.4) is 0 Å². The predicted molar refractivity (Wildman–Crippen MR) is 68.4 cm³/mol. The molecular formula is C12H17N5O. The first kappa shape index (κ1) is 12.3. The number of ether oxygens (including phenoxy) is 1. The lowest BCUT2D eigenvalue weighted by Gasteiger charge is -2.11. The van der Waals surface area contributed by atoms with E-state index in [0.29, 0.717) is 12.5 Å². The summed E-state index contributed by atoms with van der Waals surface area (Å²) < 4.78 is 7.28. The van der Waals surface area contributed by atoms with Gasteiger partial charge in [-0.15, -0.1) is 0 Å². The van der Waals surface area contributed by atoms with Crippen LogP contribution in [0.25, 0.3) is 0 Å². The summed E-state index contributed by atoms with van der Waals surface area (Å²) in [6, 6.07) is 7.96. The number of tetrazole rings is 1. The third kappa shape index (κ3) is 2.97. The number of rotatable bonds is 6. The average Bonchev–Trinajstić information content (AvgIpc) is 2.80. The van der Waals surface area contributed by atoms with E-state index >= 15 is 0 Å². The molecule has 0 aliphatic carbocycles. The SMILES string of the molecule is CCCOc1ccccc1CNc1nnnn1C. The first-order valence-electron chi connectivity index (χ1n) is 5.98. The summed E-state index contributed by atoms with van der Waals surface area (Å²) in [5, 5.41) is 14.4. The Morgan fingerprint density at radius 1 is 1.33 bits per heavy atom. The van der Waals surface area contributed by atoms with Crippen molar-refractivity contribution in [1.82, 2.24) is 20.2 Å². The Kier molecular flexibility index (Phi) is 4.11. The van der Waals surface area contributed by atoms with E-state index in [2.05, 4.69) is 27.8 Å². The third-order valence-corrected chi connectivity index (χ3v) is 2.49.